The number of aliphatic hydroxyl groups excluding tert-OH is 23. The highest BCUT2D eigenvalue weighted by Gasteiger charge is 2.64. The van der Waals surface area contributed by atoms with Crippen LogP contribution in [0.3, 0.4) is 0 Å². The van der Waals surface area contributed by atoms with E-state index in [-0.39, 0.29) is 6.42 Å². The van der Waals surface area contributed by atoms with Crippen LogP contribution in [-0.2, 0) is 99.8 Å². The van der Waals surface area contributed by atoms with Gasteiger partial charge in [-0.2, -0.15) is 0 Å². The predicted molar refractivity (Wildman–Crippen MR) is 523 cm³/mol. The van der Waals surface area contributed by atoms with Gasteiger partial charge in [0.25, 0.3) is 5.79 Å². The van der Waals surface area contributed by atoms with E-state index in [4.69, 9.17) is 75.8 Å². The van der Waals surface area contributed by atoms with Gasteiger partial charge in [0, 0.05) is 33.6 Å². The Morgan fingerprint density at radius 2 is 0.713 bits per heavy atom. The maximum Gasteiger partial charge on any atom is 0.364 e. The second kappa shape index (κ2) is 67.6. The number of carboxylic acid groups (broad SMARTS) is 1. The molecule has 8 rings (SSSR count). The minimum absolute atomic E-state index is 0.0829. The van der Waals surface area contributed by atoms with E-state index in [1.807, 2.05) is 0 Å². The largest absolute Gasteiger partial charge is 0.477 e. The molecule has 150 heavy (non-hydrogen) atoms. The van der Waals surface area contributed by atoms with Gasteiger partial charge in [0.05, 0.1) is 83.3 Å². The average Bonchev–Trinajstić information content (AvgIpc) is 0.739. The van der Waals surface area contributed by atoms with Gasteiger partial charge >= 0.3 is 5.97 Å². The molecule has 0 aromatic heterocycles. The second-order valence-electron chi connectivity index (χ2n) is 40.9. The number of nitrogens with one attached hydrogen (secondary N) is 4. The Morgan fingerprint density at radius 3 is 1.19 bits per heavy atom. The summed E-state index contributed by atoms with van der Waals surface area (Å²) in [6.45, 7) is -0.598. The molecule has 0 aromatic carbocycles. The zero-order valence-electron chi connectivity index (χ0n) is 87.3. The van der Waals surface area contributed by atoms with Crippen molar-refractivity contribution in [3.05, 3.63) is 24.3 Å². The van der Waals surface area contributed by atoms with Gasteiger partial charge in [0.2, 0.25) is 23.6 Å². The van der Waals surface area contributed by atoms with Crippen LogP contribution in [0.25, 0.3) is 0 Å². The van der Waals surface area contributed by atoms with E-state index >= 15 is 0 Å². The first kappa shape index (κ1) is 130. The standard InChI is InChI=1S/C101H178N4O45/c1-7-9-11-13-15-17-19-21-22-23-24-25-26-27-28-29-30-32-34-36-38-40-42-44-68(119)105-58(59(116)43-41-39-37-35-33-31-20-18-16-14-12-10-8-2)53-135-95-82(130)79(127)85(65(50-110)141-95)143-99-84(132)92(150-101(100(133)134)45-60(117)69(102-55(4)113)89(149-101)73(121)61(118)46-106)87(67(52-112)142-99)144-93-70(103-56(5)114)88(75(123)63(48-108)137-93)146-98-83(131)91(76(124)64(49-109)139-98)148-94-71(104-57(6)115)90(147-96-80(128)77(125)72(120)54(3)136-96)86(66(51-111)140-94)145-97-81(129)78(126)74(122)62(47-107)138-97/h21-22,41,43,54,58-67,69-99,106-112,116-118,120-132H,7-20,23-40,42,44-53H2,1-6H3,(H,102,113)(H,103,114)(H,104,115)(H,105,119)(H,133,134)/b22-21-,43-41+/t54?,58-,59+,60?,61+,62?,63?,64?,65?,66?,67?,69+,70?,71?,72+,73+,74-,75-,76-,77?,78-,79+,80-,81?,82?,83?,84?,85+,86+,87-,88+,89?,90+,91-,92+,93-,94-,95+,96+,97-,98-,99-,101-/m0/s1. The molecule has 8 aliphatic heterocycles. The zero-order chi connectivity index (χ0) is 110. The highest BCUT2D eigenvalue weighted by molar-refractivity contribution is 5.77. The summed E-state index contributed by atoms with van der Waals surface area (Å²) in [5, 5.41) is 284. The molecule has 49 nitrogen and oxygen atoms in total. The molecule has 8 aliphatic rings. The number of hydrogen-bond donors (Lipinski definition) is 28. The normalized spacial score (nSPS) is 37.4. The molecule has 43 atom stereocenters. The fourth-order valence-electron chi connectivity index (χ4n) is 20.2. The molecule has 8 saturated heterocycles. The molecule has 49 heteroatoms. The molecule has 0 aromatic rings. The van der Waals surface area contributed by atoms with E-state index < -0.39 is 352 Å². The molecule has 16 unspecified atom stereocenters. The monoisotopic (exact) mass is 2170 g/mol. The number of ether oxygens (including phenoxy) is 16. The minimum atomic E-state index is -3.52. The Hall–Kier alpha value is -4.73. The Labute approximate surface area is 876 Å². The maximum absolute atomic E-state index is 14.2. The smallest absolute Gasteiger partial charge is 0.364 e. The van der Waals surface area contributed by atoms with Crippen molar-refractivity contribution in [1.82, 2.24) is 21.3 Å². The number of aliphatic carboxylic acids is 1. The molecule has 872 valence electrons. The zero-order valence-corrected chi connectivity index (χ0v) is 87.3. The van der Waals surface area contributed by atoms with E-state index in [9.17, 15) is 147 Å². The van der Waals surface area contributed by atoms with Gasteiger partial charge in [0.15, 0.2) is 44.0 Å². The molecule has 28 N–H and O–H groups in total. The van der Waals surface area contributed by atoms with Crippen molar-refractivity contribution >= 4 is 29.6 Å². The summed E-state index contributed by atoms with van der Waals surface area (Å²) in [6, 6.07) is -7.23. The van der Waals surface area contributed by atoms with Gasteiger partial charge in [-0.3, -0.25) is 19.2 Å². The van der Waals surface area contributed by atoms with E-state index in [0.717, 1.165) is 97.8 Å². The van der Waals surface area contributed by atoms with Gasteiger partial charge in [-0.15, -0.1) is 0 Å². The van der Waals surface area contributed by atoms with E-state index in [2.05, 4.69) is 47.3 Å². The molecule has 0 spiro atoms. The number of carboxylic acids is 1. The third-order valence-corrected chi connectivity index (χ3v) is 28.9. The van der Waals surface area contributed by atoms with Gasteiger partial charge in [-0.25, -0.2) is 4.79 Å². The van der Waals surface area contributed by atoms with Crippen LogP contribution in [0.15, 0.2) is 24.3 Å². The lowest BCUT2D eigenvalue weighted by molar-refractivity contribution is -0.405. The van der Waals surface area contributed by atoms with Crippen molar-refractivity contribution in [3.8, 4) is 0 Å². The molecule has 8 heterocycles. The van der Waals surface area contributed by atoms with E-state index in [1.165, 1.54) is 135 Å². The van der Waals surface area contributed by atoms with Crippen LogP contribution >= 0.6 is 0 Å². The first-order valence-electron chi connectivity index (χ1n) is 54.1. The van der Waals surface area contributed by atoms with Gasteiger partial charge in [-0.1, -0.05) is 205 Å². The fraction of sp³-hybridized carbons (Fsp3) is 0.911. The molecular formula is C101H178N4O45. The summed E-state index contributed by atoms with van der Waals surface area (Å²) < 4.78 is 98.0. The van der Waals surface area contributed by atoms with Gasteiger partial charge < -0.3 is 220 Å². The lowest BCUT2D eigenvalue weighted by atomic mass is 9.88. The minimum Gasteiger partial charge on any atom is -0.477 e. The van der Waals surface area contributed by atoms with Crippen molar-refractivity contribution in [2.75, 3.05) is 52.9 Å². The highest BCUT2D eigenvalue weighted by Crippen LogP contribution is 2.44. The van der Waals surface area contributed by atoms with Crippen molar-refractivity contribution in [1.29, 1.82) is 0 Å². The van der Waals surface area contributed by atoms with E-state index in [1.54, 1.807) is 6.08 Å². The maximum atomic E-state index is 14.2. The fourth-order valence-corrected chi connectivity index (χ4v) is 20.2. The summed E-state index contributed by atoms with van der Waals surface area (Å²) in [5.74, 6) is -9.18. The summed E-state index contributed by atoms with van der Waals surface area (Å²) in [7, 11) is 0. The number of carbonyl (C=O) groups excluding carboxylic acids is 4. The third-order valence-electron chi connectivity index (χ3n) is 28.9. The van der Waals surface area contributed by atoms with Crippen LogP contribution in [0, 0.1) is 0 Å². The SMILES string of the molecule is CCCCCCCC/C=C\CCCCCCCCCCCCCCCC(=O)N[C@@H](CO[C@@H]1OC(CO)[C@@H](O[C@@H]2OC(CO)[C@H](O[C@@H]3OC(CO)[C@H](O)[C@H](O[C@@H]4OC(CO)[C@H](O)[C@H](O[C@@H]5OC(CO)[C@@H](O[C@@H]6OC(CO)[C@H](O)[C@H](O)C6O)[C@H](O[C@H]6OC(C)[C@@H](O)C(O)[C@@H]6O)C5NC(C)=O)C4O)C3NC(C)=O)[C@H](O[C@]3(C(=O)O)CC(O)[C@@H](NC(C)=O)C([C@H](O)[C@H](O)CO)O3)C2O)[C@H](O)C1O)[C@H](O)/C=C/CCCCCCCCCCCCC. The average molecular weight is 2170 g/mol. The Balaban J connectivity index is 1.03. The Kier molecular flexibility index (Phi) is 58.8. The van der Waals surface area contributed by atoms with Crippen molar-refractivity contribution in [2.45, 2.75) is 529 Å². The lowest BCUT2D eigenvalue weighted by Gasteiger charge is -2.53. The molecule has 4 amide bonds. The summed E-state index contributed by atoms with van der Waals surface area (Å²) in [5.41, 5.74) is 0. The van der Waals surface area contributed by atoms with Crippen LogP contribution in [0.4, 0.5) is 0 Å². The summed E-state index contributed by atoms with van der Waals surface area (Å²) in [6.07, 6.45) is -37.9. The van der Waals surface area contributed by atoms with Gasteiger partial charge in [0.1, 0.15) is 183 Å². The quantitative estimate of drug-likeness (QED) is 0.0207. The molecule has 0 aliphatic carbocycles. The first-order valence-corrected chi connectivity index (χ1v) is 54.1. The summed E-state index contributed by atoms with van der Waals surface area (Å²) in [4.78, 5) is 68.0. The number of amides is 4. The lowest BCUT2D eigenvalue weighted by Crippen LogP contribution is -2.72. The number of rotatable bonds is 68. The van der Waals surface area contributed by atoms with Crippen molar-refractivity contribution in [2.24, 2.45) is 0 Å². The van der Waals surface area contributed by atoms with Crippen LogP contribution < -0.4 is 21.3 Å². The molecule has 0 radical (unpaired) electrons. The van der Waals surface area contributed by atoms with Crippen LogP contribution in [-0.4, -0.2) is 468 Å². The van der Waals surface area contributed by atoms with E-state index in [0.29, 0.717) is 12.8 Å². The number of allylic oxidation sites excluding steroid dienone is 3. The Bertz CT molecular complexity index is 3830. The number of unbranched alkanes of at least 4 members (excludes halogenated alkanes) is 30. The van der Waals surface area contributed by atoms with Crippen LogP contribution in [0.5, 0.6) is 0 Å². The van der Waals surface area contributed by atoms with Crippen molar-refractivity contribution < 1.29 is 222 Å². The molecule has 0 saturated carbocycles. The summed E-state index contributed by atoms with van der Waals surface area (Å²) >= 11 is 0. The Morgan fingerprint density at radius 1 is 0.360 bits per heavy atom. The number of hydrogen-bond acceptors (Lipinski definition) is 44. The molecule has 0 bridgehead atoms. The highest BCUT2D eigenvalue weighted by atomic mass is 16.8. The second-order valence-corrected chi connectivity index (χ2v) is 40.9. The molecule has 8 fully saturated rings. The third kappa shape index (κ3) is 38.3. The number of carbonyl (C=O) groups is 5. The number of aliphatic hydroxyl groups is 23. The first-order chi connectivity index (χ1) is 71.8. The predicted octanol–water partition coefficient (Wildman–Crippen LogP) is -3.50. The van der Waals surface area contributed by atoms with Gasteiger partial charge in [-0.05, 0) is 51.9 Å². The molecular weight excluding hydrogens is 1990 g/mol. The van der Waals surface area contributed by atoms with Crippen LogP contribution in [0.2, 0.25) is 0 Å². The van der Waals surface area contributed by atoms with Crippen molar-refractivity contribution in [3.63, 3.8) is 0 Å². The van der Waals surface area contributed by atoms with Crippen LogP contribution in [0.1, 0.15) is 266 Å². The topological polar surface area (TPSA) is 767 Å².